The summed E-state index contributed by atoms with van der Waals surface area (Å²) >= 11 is 14.0. The molecule has 8 heteroatoms. The van der Waals surface area contributed by atoms with Crippen molar-refractivity contribution in [2.45, 2.75) is 87.0 Å². The Morgan fingerprint density at radius 1 is 1.14 bits per heavy atom. The molecule has 0 bridgehead atoms. The quantitative estimate of drug-likeness (QED) is 0.451. The topological polar surface area (TPSA) is 92.4 Å². The Morgan fingerprint density at radius 3 is 2.51 bits per heavy atom. The van der Waals surface area contributed by atoms with Crippen molar-refractivity contribution in [3.05, 3.63) is 34.4 Å². The minimum absolute atomic E-state index is 0.00685. The highest BCUT2D eigenvalue weighted by atomic mass is 35.5. The van der Waals surface area contributed by atoms with Gasteiger partial charge in [-0.3, -0.25) is 0 Å². The highest BCUT2D eigenvalue weighted by Crippen LogP contribution is 2.76. The fourth-order valence-corrected chi connectivity index (χ4v) is 11.2. The predicted molar refractivity (Wildman–Crippen MR) is 132 cm³/mol. The summed E-state index contributed by atoms with van der Waals surface area (Å²) < 4.78 is 16.2. The van der Waals surface area contributed by atoms with Crippen molar-refractivity contribution in [3.8, 4) is 0 Å². The third kappa shape index (κ3) is 2.90. The SMILES string of the molecule is COC1C2OC2C2(CO)C3CCC4(C)C(c5ccc(=O)oc5)C(Cl)(Cl)CC4(O)C3CCC2C1(C)C. The molecule has 5 aliphatic rings. The number of aliphatic hydroxyl groups is 2. The van der Waals surface area contributed by atoms with E-state index in [1.54, 1.807) is 13.2 Å². The number of methoxy groups -OCH3 is 1. The molecule has 1 saturated heterocycles. The van der Waals surface area contributed by atoms with Gasteiger partial charge >= 0.3 is 5.63 Å². The molecule has 0 radical (unpaired) electrons. The van der Waals surface area contributed by atoms with Crippen molar-refractivity contribution < 1.29 is 24.1 Å². The molecule has 1 aliphatic heterocycles. The first-order valence-corrected chi connectivity index (χ1v) is 13.6. The minimum atomic E-state index is -1.22. The van der Waals surface area contributed by atoms with E-state index >= 15 is 0 Å². The summed E-state index contributed by atoms with van der Waals surface area (Å²) in [6, 6.07) is 3.11. The Bertz CT molecular complexity index is 1070. The van der Waals surface area contributed by atoms with E-state index in [1.165, 1.54) is 12.3 Å². The van der Waals surface area contributed by atoms with Crippen molar-refractivity contribution in [2.75, 3.05) is 13.7 Å². The van der Waals surface area contributed by atoms with E-state index in [9.17, 15) is 15.0 Å². The van der Waals surface area contributed by atoms with Gasteiger partial charge in [0.05, 0.1) is 30.7 Å². The first-order chi connectivity index (χ1) is 16.4. The number of rotatable bonds is 3. The third-order valence-electron chi connectivity index (χ3n) is 11.3. The zero-order valence-electron chi connectivity index (χ0n) is 20.8. The second-order valence-electron chi connectivity index (χ2n) is 12.8. The Balaban J connectivity index is 1.43. The molecule has 10 atom stereocenters. The molecule has 1 aromatic rings. The second kappa shape index (κ2) is 7.48. The van der Waals surface area contributed by atoms with Gasteiger partial charge in [0.1, 0.15) is 10.4 Å². The van der Waals surface area contributed by atoms with Crippen molar-refractivity contribution in [1.29, 1.82) is 0 Å². The van der Waals surface area contributed by atoms with Gasteiger partial charge in [-0.25, -0.2) is 4.79 Å². The molecule has 0 spiro atoms. The molecule has 5 fully saturated rings. The summed E-state index contributed by atoms with van der Waals surface area (Å²) in [4.78, 5) is 11.6. The first kappa shape index (κ1) is 24.7. The van der Waals surface area contributed by atoms with Crippen LogP contribution in [0.3, 0.4) is 0 Å². The number of alkyl halides is 2. The highest BCUT2D eigenvalue weighted by Gasteiger charge is 2.79. The number of aliphatic hydroxyl groups excluding tert-OH is 1. The summed E-state index contributed by atoms with van der Waals surface area (Å²) in [6.07, 6.45) is 4.84. The van der Waals surface area contributed by atoms with Crippen molar-refractivity contribution in [1.82, 2.24) is 0 Å². The van der Waals surface area contributed by atoms with Gasteiger partial charge in [0.2, 0.25) is 0 Å². The number of fused-ring (bicyclic) bond motifs is 7. The van der Waals surface area contributed by atoms with Crippen LogP contribution in [0.4, 0.5) is 0 Å². The van der Waals surface area contributed by atoms with Crippen molar-refractivity contribution in [2.24, 2.45) is 34.0 Å². The fraction of sp³-hybridized carbons (Fsp3) is 0.815. The van der Waals surface area contributed by atoms with Crippen molar-refractivity contribution >= 4 is 23.2 Å². The van der Waals surface area contributed by atoms with Gasteiger partial charge in [0.25, 0.3) is 0 Å². The average Bonchev–Trinajstić information content (AvgIpc) is 3.54. The van der Waals surface area contributed by atoms with Crippen LogP contribution in [0.5, 0.6) is 0 Å². The van der Waals surface area contributed by atoms with Crippen LogP contribution in [0, 0.1) is 34.0 Å². The molecule has 4 saturated carbocycles. The van der Waals surface area contributed by atoms with Crippen LogP contribution in [-0.4, -0.2) is 52.2 Å². The van der Waals surface area contributed by atoms with Crippen LogP contribution in [0.15, 0.2) is 27.6 Å². The summed E-state index contributed by atoms with van der Waals surface area (Å²) in [5.41, 5.74) is -2.01. The van der Waals surface area contributed by atoms with Gasteiger partial charge < -0.3 is 24.1 Å². The van der Waals surface area contributed by atoms with E-state index in [1.807, 2.05) is 0 Å². The lowest BCUT2D eigenvalue weighted by atomic mass is 9.39. The summed E-state index contributed by atoms with van der Waals surface area (Å²) in [6.45, 7) is 6.61. The number of halogens is 2. The largest absolute Gasteiger partial charge is 0.431 e. The van der Waals surface area contributed by atoms with Crippen LogP contribution in [-0.2, 0) is 9.47 Å². The van der Waals surface area contributed by atoms with Crippen molar-refractivity contribution in [3.63, 3.8) is 0 Å². The summed E-state index contributed by atoms with van der Waals surface area (Å²) in [7, 11) is 1.75. The van der Waals surface area contributed by atoms with Crippen LogP contribution in [0.2, 0.25) is 0 Å². The molecule has 0 aromatic carbocycles. The predicted octanol–water partition coefficient (Wildman–Crippen LogP) is 4.28. The molecule has 6 rings (SSSR count). The highest BCUT2D eigenvalue weighted by molar-refractivity contribution is 6.49. The number of hydrogen-bond donors (Lipinski definition) is 2. The molecule has 1 aromatic heterocycles. The fourth-order valence-electron chi connectivity index (χ4n) is 10.0. The Hall–Kier alpha value is -0.630. The minimum Gasteiger partial charge on any atom is -0.431 e. The molecule has 4 aliphatic carbocycles. The lowest BCUT2D eigenvalue weighted by Gasteiger charge is -2.65. The molecule has 2 N–H and O–H groups in total. The number of hydrogen-bond acceptors (Lipinski definition) is 6. The monoisotopic (exact) mass is 526 g/mol. The van der Waals surface area contributed by atoms with Crippen LogP contribution in [0.1, 0.15) is 64.4 Å². The van der Waals surface area contributed by atoms with Gasteiger partial charge in [-0.05, 0) is 60.5 Å². The van der Waals surface area contributed by atoms with Gasteiger partial charge in [0.15, 0.2) is 0 Å². The molecule has 194 valence electrons. The Labute approximate surface area is 216 Å². The lowest BCUT2D eigenvalue weighted by Crippen LogP contribution is -2.68. The van der Waals surface area contributed by atoms with Gasteiger partial charge in [0, 0.05) is 36.3 Å². The number of ether oxygens (including phenoxy) is 2. The van der Waals surface area contributed by atoms with Crippen LogP contribution in [0.25, 0.3) is 0 Å². The lowest BCUT2D eigenvalue weighted by molar-refractivity contribution is -0.235. The molecule has 35 heavy (non-hydrogen) atoms. The zero-order valence-corrected chi connectivity index (χ0v) is 22.3. The molecule has 10 unspecified atom stereocenters. The van der Waals surface area contributed by atoms with E-state index in [0.29, 0.717) is 6.42 Å². The molecule has 6 nitrogen and oxygen atoms in total. The van der Waals surface area contributed by atoms with Gasteiger partial charge in [-0.15, -0.1) is 23.2 Å². The van der Waals surface area contributed by atoms with E-state index in [0.717, 1.165) is 24.8 Å². The first-order valence-electron chi connectivity index (χ1n) is 12.9. The third-order valence-corrected chi connectivity index (χ3v) is 12.0. The van der Waals surface area contributed by atoms with E-state index in [4.69, 9.17) is 37.1 Å². The standard InChI is InChI=1S/C27H36Cl2O6/c1-23(2)17-7-6-16-15(25(17,13-30)22-19(35-22)21(23)33-4)9-10-24(3)20(14-5-8-18(31)34-11-14)27(28,29)12-26(16,24)32/h5,8,11,15-17,19-22,30,32H,6-7,9-10,12-13H2,1-4H3. The Kier molecular flexibility index (Phi) is 5.28. The van der Waals surface area contributed by atoms with E-state index < -0.39 is 26.4 Å². The summed E-state index contributed by atoms with van der Waals surface area (Å²) in [5, 5.41) is 23.7. The second-order valence-corrected chi connectivity index (χ2v) is 14.3. The van der Waals surface area contributed by atoms with E-state index in [-0.39, 0.29) is 60.4 Å². The maximum Gasteiger partial charge on any atom is 0.335 e. The molecular weight excluding hydrogens is 491 g/mol. The van der Waals surface area contributed by atoms with Crippen LogP contribution < -0.4 is 5.63 Å². The smallest absolute Gasteiger partial charge is 0.335 e. The van der Waals surface area contributed by atoms with Crippen LogP contribution >= 0.6 is 23.2 Å². The Morgan fingerprint density at radius 2 is 1.89 bits per heavy atom. The molecule has 0 amide bonds. The molecule has 2 heterocycles. The maximum atomic E-state index is 12.6. The molecular formula is C27H36Cl2O6. The summed E-state index contributed by atoms with van der Waals surface area (Å²) in [5.74, 6) is -0.141. The van der Waals surface area contributed by atoms with Gasteiger partial charge in [-0.1, -0.05) is 20.8 Å². The average molecular weight is 527 g/mol. The van der Waals surface area contributed by atoms with Gasteiger partial charge in [-0.2, -0.15) is 0 Å². The maximum absolute atomic E-state index is 12.6. The normalized spacial score (nSPS) is 51.0. The number of epoxide rings is 1. The van der Waals surface area contributed by atoms with E-state index in [2.05, 4.69) is 20.8 Å². The zero-order chi connectivity index (χ0) is 25.2.